The van der Waals surface area contributed by atoms with Crippen molar-refractivity contribution < 1.29 is 26.0 Å². The van der Waals surface area contributed by atoms with E-state index in [9.17, 15) is 21.6 Å². The lowest BCUT2D eigenvalue weighted by Crippen LogP contribution is -2.39. The summed E-state index contributed by atoms with van der Waals surface area (Å²) in [6.07, 6.45) is -3.89. The number of rotatable bonds is 3. The van der Waals surface area contributed by atoms with Gasteiger partial charge in [0.15, 0.2) is 0 Å². The van der Waals surface area contributed by atoms with Crippen molar-refractivity contribution in [1.29, 1.82) is 0 Å². The first-order valence-electron chi connectivity index (χ1n) is 7.86. The van der Waals surface area contributed by atoms with Gasteiger partial charge in [0.05, 0.1) is 10.9 Å². The van der Waals surface area contributed by atoms with Crippen molar-refractivity contribution in [3.8, 4) is 0 Å². The molecule has 2 aromatic rings. The molecule has 0 bridgehead atoms. The van der Waals surface area contributed by atoms with E-state index in [0.29, 0.717) is 23.4 Å². The van der Waals surface area contributed by atoms with Crippen LogP contribution < -0.4 is 0 Å². The van der Waals surface area contributed by atoms with Gasteiger partial charge in [-0.2, -0.15) is 17.5 Å². The van der Waals surface area contributed by atoms with E-state index >= 15 is 0 Å². The smallest absolute Gasteiger partial charge is 0.417 e. The van der Waals surface area contributed by atoms with Gasteiger partial charge in [0.25, 0.3) is 0 Å². The summed E-state index contributed by atoms with van der Waals surface area (Å²) < 4.78 is 69.7. The molecule has 1 aromatic heterocycles. The molecule has 1 aliphatic heterocycles. The first kappa shape index (κ1) is 20.4. The predicted molar refractivity (Wildman–Crippen MR) is 91.2 cm³/mol. The molecule has 1 aromatic carbocycles. The fourth-order valence-corrected chi connectivity index (χ4v) is 5.17. The first-order valence-corrected chi connectivity index (χ1v) is 10.1. The lowest BCUT2D eigenvalue weighted by molar-refractivity contribution is -0.157. The number of piperidine rings is 1. The quantitative estimate of drug-likeness (QED) is 0.707. The molecule has 1 atom stereocenters. The van der Waals surface area contributed by atoms with Crippen LogP contribution in [-0.2, 0) is 16.2 Å². The van der Waals surface area contributed by atoms with Crippen LogP contribution in [0.2, 0.25) is 10.0 Å². The SMILES string of the molecule is Cc1cc(S(=O)(=O)N2CCCC(c3nnc(C(F)(F)F)o3)C2)c(Cl)cc1Cl. The average Bonchev–Trinajstić information content (AvgIpc) is 3.08. The molecule has 0 spiro atoms. The van der Waals surface area contributed by atoms with E-state index in [1.165, 1.54) is 12.1 Å². The van der Waals surface area contributed by atoms with Crippen molar-refractivity contribution in [3.63, 3.8) is 0 Å². The number of nitrogens with zero attached hydrogens (tertiary/aromatic N) is 3. The van der Waals surface area contributed by atoms with Gasteiger partial charge in [0.2, 0.25) is 15.9 Å². The first-order chi connectivity index (χ1) is 12.5. The van der Waals surface area contributed by atoms with Gasteiger partial charge in [-0.3, -0.25) is 0 Å². The molecule has 0 radical (unpaired) electrons. The van der Waals surface area contributed by atoms with E-state index in [2.05, 4.69) is 10.2 Å². The average molecular weight is 444 g/mol. The molecular formula is C15H14Cl2F3N3O3S. The maximum Gasteiger partial charge on any atom is 0.470 e. The zero-order valence-electron chi connectivity index (χ0n) is 13.9. The molecular weight excluding hydrogens is 430 g/mol. The van der Waals surface area contributed by atoms with Crippen LogP contribution in [0.5, 0.6) is 0 Å². The number of hydrogen-bond donors (Lipinski definition) is 0. The molecule has 148 valence electrons. The Bertz CT molecular complexity index is 963. The summed E-state index contributed by atoms with van der Waals surface area (Å²) in [5.41, 5.74) is 0.542. The summed E-state index contributed by atoms with van der Waals surface area (Å²) >= 11 is 12.0. The van der Waals surface area contributed by atoms with Gasteiger partial charge in [-0.1, -0.05) is 23.2 Å². The minimum absolute atomic E-state index is 0.0233. The largest absolute Gasteiger partial charge is 0.470 e. The van der Waals surface area contributed by atoms with Crippen LogP contribution in [0.15, 0.2) is 21.4 Å². The van der Waals surface area contributed by atoms with Crippen molar-refractivity contribution in [2.75, 3.05) is 13.1 Å². The Balaban J connectivity index is 1.87. The molecule has 0 aliphatic carbocycles. The highest BCUT2D eigenvalue weighted by Gasteiger charge is 2.40. The van der Waals surface area contributed by atoms with E-state index < -0.39 is 28.0 Å². The molecule has 1 aliphatic rings. The summed E-state index contributed by atoms with van der Waals surface area (Å²) in [6, 6.07) is 2.72. The van der Waals surface area contributed by atoms with E-state index in [-0.39, 0.29) is 28.9 Å². The van der Waals surface area contributed by atoms with Gasteiger partial charge in [0.1, 0.15) is 4.90 Å². The lowest BCUT2D eigenvalue weighted by atomic mass is 10.00. The molecule has 12 heteroatoms. The number of benzene rings is 1. The second-order valence-electron chi connectivity index (χ2n) is 6.18. The number of aromatic nitrogens is 2. The van der Waals surface area contributed by atoms with Gasteiger partial charge in [-0.05, 0) is 37.5 Å². The Hall–Kier alpha value is -1.36. The molecule has 0 N–H and O–H groups in total. The molecule has 2 heterocycles. The minimum Gasteiger partial charge on any atom is -0.417 e. The topological polar surface area (TPSA) is 76.3 Å². The van der Waals surface area contributed by atoms with E-state index in [4.69, 9.17) is 27.6 Å². The highest BCUT2D eigenvalue weighted by molar-refractivity contribution is 7.89. The van der Waals surface area contributed by atoms with Gasteiger partial charge in [-0.15, -0.1) is 10.2 Å². The number of halogens is 5. The van der Waals surface area contributed by atoms with Crippen molar-refractivity contribution >= 4 is 33.2 Å². The summed E-state index contributed by atoms with van der Waals surface area (Å²) in [5.74, 6) is -2.32. The van der Waals surface area contributed by atoms with Crippen LogP contribution in [0, 0.1) is 6.92 Å². The predicted octanol–water partition coefficient (Wildman–Crippen LogP) is 4.27. The number of aryl methyl sites for hydroxylation is 1. The summed E-state index contributed by atoms with van der Waals surface area (Å²) in [7, 11) is -3.96. The number of alkyl halides is 3. The molecule has 0 amide bonds. The van der Waals surface area contributed by atoms with Crippen LogP contribution in [0.4, 0.5) is 13.2 Å². The maximum atomic E-state index is 13.0. The Morgan fingerprint density at radius 2 is 1.93 bits per heavy atom. The van der Waals surface area contributed by atoms with Gasteiger partial charge < -0.3 is 4.42 Å². The highest BCUT2D eigenvalue weighted by atomic mass is 35.5. The third-order valence-electron chi connectivity index (χ3n) is 4.25. The van der Waals surface area contributed by atoms with Crippen LogP contribution >= 0.6 is 23.2 Å². The highest BCUT2D eigenvalue weighted by Crippen LogP contribution is 2.35. The molecule has 1 fully saturated rings. The van der Waals surface area contributed by atoms with E-state index in [0.717, 1.165) is 4.31 Å². The van der Waals surface area contributed by atoms with Gasteiger partial charge >= 0.3 is 12.1 Å². The Morgan fingerprint density at radius 3 is 2.56 bits per heavy atom. The molecule has 1 saturated heterocycles. The third kappa shape index (κ3) is 4.08. The molecule has 1 unspecified atom stereocenters. The van der Waals surface area contributed by atoms with Gasteiger partial charge in [-0.25, -0.2) is 8.42 Å². The van der Waals surface area contributed by atoms with Crippen molar-refractivity contribution in [2.24, 2.45) is 0 Å². The number of sulfonamides is 1. The van der Waals surface area contributed by atoms with E-state index in [1.54, 1.807) is 6.92 Å². The second-order valence-corrected chi connectivity index (χ2v) is 8.90. The van der Waals surface area contributed by atoms with Crippen molar-refractivity contribution in [3.05, 3.63) is 39.5 Å². The zero-order valence-corrected chi connectivity index (χ0v) is 16.3. The Labute approximate surface area is 163 Å². The third-order valence-corrected chi connectivity index (χ3v) is 6.98. The molecule has 0 saturated carbocycles. The summed E-state index contributed by atoms with van der Waals surface area (Å²) in [6.45, 7) is 1.77. The minimum atomic E-state index is -4.75. The van der Waals surface area contributed by atoms with Crippen LogP contribution in [0.3, 0.4) is 0 Å². The second kappa shape index (κ2) is 7.23. The zero-order chi connectivity index (χ0) is 20.0. The van der Waals surface area contributed by atoms with Crippen LogP contribution in [0.1, 0.15) is 36.1 Å². The monoisotopic (exact) mass is 443 g/mol. The van der Waals surface area contributed by atoms with Crippen LogP contribution in [-0.4, -0.2) is 36.0 Å². The Morgan fingerprint density at radius 1 is 1.22 bits per heavy atom. The Kier molecular flexibility index (Phi) is 5.46. The maximum absolute atomic E-state index is 13.0. The fourth-order valence-electron chi connectivity index (χ4n) is 2.84. The molecule has 3 rings (SSSR count). The van der Waals surface area contributed by atoms with Crippen LogP contribution in [0.25, 0.3) is 0 Å². The van der Waals surface area contributed by atoms with E-state index in [1.807, 2.05) is 0 Å². The van der Waals surface area contributed by atoms with Gasteiger partial charge in [0, 0.05) is 18.1 Å². The molecule has 6 nitrogen and oxygen atoms in total. The van der Waals surface area contributed by atoms with Crippen molar-refractivity contribution in [2.45, 2.75) is 36.8 Å². The lowest BCUT2D eigenvalue weighted by Gasteiger charge is -2.30. The molecule has 27 heavy (non-hydrogen) atoms. The standard InChI is InChI=1S/C15H14Cl2F3N3O3S/c1-8-5-12(11(17)6-10(8)16)27(24,25)23-4-2-3-9(7-23)13-21-22-14(26-13)15(18,19)20/h5-6,9H,2-4,7H2,1H3. The summed E-state index contributed by atoms with van der Waals surface area (Å²) in [4.78, 5) is -0.103. The van der Waals surface area contributed by atoms with Crippen molar-refractivity contribution in [1.82, 2.24) is 14.5 Å². The number of hydrogen-bond acceptors (Lipinski definition) is 5. The summed E-state index contributed by atoms with van der Waals surface area (Å²) in [5, 5.41) is 6.75. The normalized spacial score (nSPS) is 19.4. The fraction of sp³-hybridized carbons (Fsp3) is 0.467.